The molecule has 0 saturated carbocycles. The van der Waals surface area contributed by atoms with Crippen LogP contribution in [0.25, 0.3) is 0 Å². The van der Waals surface area contributed by atoms with Gasteiger partial charge in [-0.15, -0.1) is 24.0 Å². The summed E-state index contributed by atoms with van der Waals surface area (Å²) in [7, 11) is 3.46. The van der Waals surface area contributed by atoms with Gasteiger partial charge in [-0.1, -0.05) is 0 Å². The van der Waals surface area contributed by atoms with E-state index in [9.17, 15) is 9.59 Å². The fraction of sp³-hybridized carbons (Fsp3) is 0.833. The number of guanidine groups is 1. The molecule has 0 spiro atoms. The molecule has 2 rings (SSSR count). The molecule has 27 heavy (non-hydrogen) atoms. The van der Waals surface area contributed by atoms with Gasteiger partial charge in [0.1, 0.15) is 6.54 Å². The van der Waals surface area contributed by atoms with Gasteiger partial charge in [-0.25, -0.2) is 4.99 Å². The maximum absolute atomic E-state index is 11.9. The zero-order chi connectivity index (χ0) is 18.9. The Labute approximate surface area is 179 Å². The van der Waals surface area contributed by atoms with E-state index >= 15 is 0 Å². The third-order valence-electron chi connectivity index (χ3n) is 4.85. The monoisotopic (exact) mass is 496 g/mol. The van der Waals surface area contributed by atoms with Crippen molar-refractivity contribution < 1.29 is 19.1 Å². The number of ether oxygens (including phenoxy) is 2. The normalized spacial score (nSPS) is 20.8. The molecule has 0 bridgehead atoms. The second kappa shape index (κ2) is 12.4. The molecule has 0 aliphatic carbocycles. The number of carbonyl (C=O) groups is 2. The van der Waals surface area contributed by atoms with E-state index in [-0.39, 0.29) is 48.3 Å². The number of halogens is 1. The molecule has 1 N–H and O–H groups in total. The first-order chi connectivity index (χ1) is 12.5. The van der Waals surface area contributed by atoms with Gasteiger partial charge in [0.25, 0.3) is 0 Å². The summed E-state index contributed by atoms with van der Waals surface area (Å²) in [6.07, 6.45) is 2.53. The minimum Gasteiger partial charge on any atom is -0.466 e. The number of piperidine rings is 1. The average Bonchev–Trinajstić information content (AvgIpc) is 3.15. The maximum Gasteiger partial charge on any atom is 0.309 e. The van der Waals surface area contributed by atoms with Crippen molar-refractivity contribution in [3.8, 4) is 0 Å². The summed E-state index contributed by atoms with van der Waals surface area (Å²) in [5, 5.41) is 3.40. The molecule has 0 aromatic carbocycles. The quantitative estimate of drug-likeness (QED) is 0.255. The lowest BCUT2D eigenvalue weighted by molar-refractivity contribution is -0.149. The zero-order valence-corrected chi connectivity index (χ0v) is 18.9. The Kier molecular flexibility index (Phi) is 11.0. The van der Waals surface area contributed by atoms with Crippen molar-refractivity contribution in [1.29, 1.82) is 0 Å². The van der Waals surface area contributed by atoms with Crippen molar-refractivity contribution in [2.24, 2.45) is 16.8 Å². The van der Waals surface area contributed by atoms with Crippen LogP contribution in [0.3, 0.4) is 0 Å². The summed E-state index contributed by atoms with van der Waals surface area (Å²) < 4.78 is 10.6. The van der Waals surface area contributed by atoms with Crippen LogP contribution in [0.2, 0.25) is 0 Å². The topological polar surface area (TPSA) is 83.5 Å². The van der Waals surface area contributed by atoms with Crippen molar-refractivity contribution in [1.82, 2.24) is 15.1 Å². The van der Waals surface area contributed by atoms with E-state index in [1.165, 1.54) is 0 Å². The zero-order valence-electron chi connectivity index (χ0n) is 16.6. The molecule has 0 radical (unpaired) electrons. The lowest BCUT2D eigenvalue weighted by Crippen LogP contribution is -2.48. The smallest absolute Gasteiger partial charge is 0.309 e. The highest BCUT2D eigenvalue weighted by Crippen LogP contribution is 2.19. The van der Waals surface area contributed by atoms with E-state index in [2.05, 4.69) is 15.2 Å². The predicted octanol–water partition coefficient (Wildman–Crippen LogP) is 0.950. The van der Waals surface area contributed by atoms with Gasteiger partial charge >= 0.3 is 5.97 Å². The molecular weight excluding hydrogens is 463 g/mol. The van der Waals surface area contributed by atoms with E-state index in [1.54, 1.807) is 19.0 Å². The predicted molar refractivity (Wildman–Crippen MR) is 114 cm³/mol. The van der Waals surface area contributed by atoms with Crippen molar-refractivity contribution in [2.45, 2.75) is 26.2 Å². The minimum atomic E-state index is -0.107. The molecule has 156 valence electrons. The molecular formula is C18H33IN4O4. The lowest BCUT2D eigenvalue weighted by Gasteiger charge is -2.33. The molecule has 1 amide bonds. The molecule has 1 atom stereocenters. The standard InChI is InChI=1S/C18H32N4O4.HI/c1-4-26-17(24)15-5-8-22(9-6-15)18(20-12-16(23)21(2)3)19-11-14-7-10-25-13-14;/h14-15H,4-13H2,1-3H3,(H,19,20);1H. The third kappa shape index (κ3) is 7.81. The van der Waals surface area contributed by atoms with Crippen LogP contribution in [-0.2, 0) is 19.1 Å². The Morgan fingerprint density at radius 3 is 2.52 bits per heavy atom. The van der Waals surface area contributed by atoms with E-state index in [4.69, 9.17) is 9.47 Å². The number of likely N-dealkylation sites (tertiary alicyclic amines) is 1. The molecule has 2 aliphatic heterocycles. The first kappa shape index (κ1) is 23.9. The molecule has 2 aliphatic rings. The largest absolute Gasteiger partial charge is 0.466 e. The number of hydrogen-bond donors (Lipinski definition) is 1. The number of aliphatic imine (C=N–C) groups is 1. The van der Waals surface area contributed by atoms with Crippen LogP contribution < -0.4 is 5.32 Å². The molecule has 8 nitrogen and oxygen atoms in total. The van der Waals surface area contributed by atoms with Crippen LogP contribution in [0.15, 0.2) is 4.99 Å². The fourth-order valence-corrected chi connectivity index (χ4v) is 3.12. The number of esters is 1. The Bertz CT molecular complexity index is 502. The first-order valence-corrected chi connectivity index (χ1v) is 9.49. The van der Waals surface area contributed by atoms with Gasteiger partial charge in [0, 0.05) is 46.3 Å². The van der Waals surface area contributed by atoms with Gasteiger partial charge in [0.15, 0.2) is 5.96 Å². The minimum absolute atomic E-state index is 0. The highest BCUT2D eigenvalue weighted by molar-refractivity contribution is 14.0. The maximum atomic E-state index is 11.9. The van der Waals surface area contributed by atoms with Crippen molar-refractivity contribution in [3.05, 3.63) is 0 Å². The first-order valence-electron chi connectivity index (χ1n) is 9.49. The summed E-state index contributed by atoms with van der Waals surface area (Å²) in [6.45, 7) is 6.19. The molecule has 2 fully saturated rings. The van der Waals surface area contributed by atoms with Crippen LogP contribution in [0.4, 0.5) is 0 Å². The van der Waals surface area contributed by atoms with E-state index in [0.717, 1.165) is 58.1 Å². The Balaban J connectivity index is 0.00000364. The second-order valence-electron chi connectivity index (χ2n) is 7.05. The average molecular weight is 496 g/mol. The number of likely N-dealkylation sites (N-methyl/N-ethyl adjacent to an activating group) is 1. The Morgan fingerprint density at radius 2 is 1.96 bits per heavy atom. The van der Waals surface area contributed by atoms with Crippen molar-refractivity contribution >= 4 is 41.8 Å². The van der Waals surface area contributed by atoms with Gasteiger partial charge in [0.2, 0.25) is 5.91 Å². The highest BCUT2D eigenvalue weighted by Gasteiger charge is 2.28. The number of amides is 1. The fourth-order valence-electron chi connectivity index (χ4n) is 3.12. The third-order valence-corrected chi connectivity index (χ3v) is 4.85. The van der Waals surface area contributed by atoms with Gasteiger partial charge in [0.05, 0.1) is 19.1 Å². The van der Waals surface area contributed by atoms with Crippen LogP contribution in [0.5, 0.6) is 0 Å². The molecule has 2 saturated heterocycles. The van der Waals surface area contributed by atoms with E-state index in [0.29, 0.717) is 12.5 Å². The molecule has 9 heteroatoms. The molecule has 0 aromatic rings. The van der Waals surface area contributed by atoms with Gasteiger partial charge in [-0.2, -0.15) is 0 Å². The Morgan fingerprint density at radius 1 is 1.26 bits per heavy atom. The highest BCUT2D eigenvalue weighted by atomic mass is 127. The molecule has 1 unspecified atom stereocenters. The number of hydrogen-bond acceptors (Lipinski definition) is 5. The van der Waals surface area contributed by atoms with Crippen LogP contribution in [0, 0.1) is 11.8 Å². The number of nitrogens with one attached hydrogen (secondary N) is 1. The number of nitrogens with zero attached hydrogens (tertiary/aromatic N) is 3. The summed E-state index contributed by atoms with van der Waals surface area (Å²) >= 11 is 0. The van der Waals surface area contributed by atoms with Crippen LogP contribution in [0.1, 0.15) is 26.2 Å². The summed E-state index contributed by atoms with van der Waals surface area (Å²) in [6, 6.07) is 0. The molecule has 0 aromatic heterocycles. The number of carbonyl (C=O) groups excluding carboxylic acids is 2. The number of rotatable bonds is 6. The van der Waals surface area contributed by atoms with Crippen LogP contribution >= 0.6 is 24.0 Å². The summed E-state index contributed by atoms with van der Waals surface area (Å²) in [5.41, 5.74) is 0. The van der Waals surface area contributed by atoms with Gasteiger partial charge < -0.3 is 24.6 Å². The summed E-state index contributed by atoms with van der Waals surface area (Å²) in [5.74, 6) is 1.04. The SMILES string of the molecule is CCOC(=O)C1CCN(C(=NCC(=O)N(C)C)NCC2CCOC2)CC1.I. The van der Waals surface area contributed by atoms with E-state index < -0.39 is 0 Å². The van der Waals surface area contributed by atoms with E-state index in [1.807, 2.05) is 6.92 Å². The second-order valence-corrected chi connectivity index (χ2v) is 7.05. The summed E-state index contributed by atoms with van der Waals surface area (Å²) in [4.78, 5) is 32.0. The molecule has 2 heterocycles. The Hall–Kier alpha value is -1.10. The van der Waals surface area contributed by atoms with Gasteiger partial charge in [-0.05, 0) is 26.2 Å². The van der Waals surface area contributed by atoms with Crippen LogP contribution in [-0.4, -0.2) is 87.7 Å². The lowest BCUT2D eigenvalue weighted by atomic mass is 9.97. The van der Waals surface area contributed by atoms with Crippen molar-refractivity contribution in [3.63, 3.8) is 0 Å². The van der Waals surface area contributed by atoms with Crippen molar-refractivity contribution in [2.75, 3.05) is 60.1 Å². The van der Waals surface area contributed by atoms with Gasteiger partial charge in [-0.3, -0.25) is 9.59 Å².